The summed E-state index contributed by atoms with van der Waals surface area (Å²) < 4.78 is 0. The Morgan fingerprint density at radius 2 is 1.92 bits per heavy atom. The molecule has 2 aliphatic rings. The first-order chi connectivity index (χ1) is 6.38. The Kier molecular flexibility index (Phi) is 1.35. The number of rotatable bonds is 1. The van der Waals surface area contributed by atoms with Gasteiger partial charge in [0.1, 0.15) is 0 Å². The Morgan fingerprint density at radius 1 is 1.23 bits per heavy atom. The van der Waals surface area contributed by atoms with Crippen molar-refractivity contribution in [2.75, 3.05) is 31.1 Å². The van der Waals surface area contributed by atoms with Crippen LogP contribution >= 0.6 is 0 Å². The molecule has 0 bridgehead atoms. The van der Waals surface area contributed by atoms with Gasteiger partial charge >= 0.3 is 0 Å². The zero-order chi connectivity index (χ0) is 8.73. The van der Waals surface area contributed by atoms with E-state index in [1.165, 1.54) is 0 Å². The van der Waals surface area contributed by atoms with Gasteiger partial charge in [0.2, 0.25) is 5.95 Å². The van der Waals surface area contributed by atoms with E-state index in [1.807, 2.05) is 6.07 Å². The van der Waals surface area contributed by atoms with Crippen LogP contribution in [-0.4, -0.2) is 36.1 Å². The smallest absolute Gasteiger partial charge is 0.225 e. The van der Waals surface area contributed by atoms with Crippen molar-refractivity contribution < 1.29 is 0 Å². The second kappa shape index (κ2) is 2.42. The molecule has 1 aromatic rings. The zero-order valence-electron chi connectivity index (χ0n) is 7.40. The van der Waals surface area contributed by atoms with Crippen LogP contribution in [0.25, 0.3) is 0 Å². The van der Waals surface area contributed by atoms with Crippen LogP contribution in [-0.2, 0) is 0 Å². The fraction of sp³-hybridized carbons (Fsp3) is 0.556. The molecule has 2 saturated heterocycles. The average Bonchev–Trinajstić information content (AvgIpc) is 2.01. The van der Waals surface area contributed by atoms with Gasteiger partial charge in [0, 0.05) is 44.0 Å². The lowest BCUT2D eigenvalue weighted by atomic mass is 9.75. The molecule has 4 nitrogen and oxygen atoms in total. The Morgan fingerprint density at radius 3 is 2.46 bits per heavy atom. The van der Waals surface area contributed by atoms with Gasteiger partial charge in [-0.25, -0.2) is 9.97 Å². The normalized spacial score (nSPS) is 23.8. The molecule has 0 radical (unpaired) electrons. The topological polar surface area (TPSA) is 41.1 Å². The van der Waals surface area contributed by atoms with E-state index in [9.17, 15) is 0 Å². The first-order valence-corrected chi connectivity index (χ1v) is 4.61. The Labute approximate surface area is 77.0 Å². The minimum atomic E-state index is 0.555. The summed E-state index contributed by atoms with van der Waals surface area (Å²) in [5.41, 5.74) is 0.555. The molecule has 0 unspecified atom stereocenters. The standard InChI is InChI=1S/C9H12N4/c1-2-11-8(12-3-1)13-6-9(7-13)4-10-5-9/h1-3,10H,4-7H2. The first-order valence-electron chi connectivity index (χ1n) is 4.61. The third-order valence-electron chi connectivity index (χ3n) is 2.89. The van der Waals surface area contributed by atoms with Crippen molar-refractivity contribution in [3.8, 4) is 0 Å². The highest BCUT2D eigenvalue weighted by Crippen LogP contribution is 2.35. The summed E-state index contributed by atoms with van der Waals surface area (Å²) in [6, 6.07) is 1.85. The van der Waals surface area contributed by atoms with Gasteiger partial charge in [-0.15, -0.1) is 0 Å². The Balaban J connectivity index is 1.71. The van der Waals surface area contributed by atoms with Crippen molar-refractivity contribution in [1.82, 2.24) is 15.3 Å². The Hall–Kier alpha value is -1.16. The monoisotopic (exact) mass is 176 g/mol. The van der Waals surface area contributed by atoms with Gasteiger partial charge in [0.15, 0.2) is 0 Å². The molecule has 1 N–H and O–H groups in total. The molecule has 2 fully saturated rings. The summed E-state index contributed by atoms with van der Waals surface area (Å²) in [5.74, 6) is 0.875. The molecule has 0 aliphatic carbocycles. The van der Waals surface area contributed by atoms with Crippen molar-refractivity contribution in [1.29, 1.82) is 0 Å². The van der Waals surface area contributed by atoms with Crippen LogP contribution in [0.1, 0.15) is 0 Å². The fourth-order valence-corrected chi connectivity index (χ4v) is 2.06. The molecule has 13 heavy (non-hydrogen) atoms. The Bertz CT molecular complexity index is 299. The third kappa shape index (κ3) is 1.02. The van der Waals surface area contributed by atoms with Crippen LogP contribution in [0.5, 0.6) is 0 Å². The highest BCUT2D eigenvalue weighted by molar-refractivity contribution is 5.37. The highest BCUT2D eigenvalue weighted by atomic mass is 15.3. The van der Waals surface area contributed by atoms with Gasteiger partial charge in [-0.05, 0) is 6.07 Å². The number of hydrogen-bond donors (Lipinski definition) is 1. The molecule has 1 spiro atoms. The predicted molar refractivity (Wildman–Crippen MR) is 49.5 cm³/mol. The van der Waals surface area contributed by atoms with E-state index in [0.29, 0.717) is 5.41 Å². The predicted octanol–water partition coefficient (Wildman–Crippen LogP) is -0.114. The number of nitrogens with one attached hydrogen (secondary N) is 1. The van der Waals surface area contributed by atoms with E-state index in [-0.39, 0.29) is 0 Å². The molecule has 68 valence electrons. The molecule has 0 saturated carbocycles. The van der Waals surface area contributed by atoms with Crippen LogP contribution < -0.4 is 10.2 Å². The molecular weight excluding hydrogens is 164 g/mol. The van der Waals surface area contributed by atoms with E-state index in [4.69, 9.17) is 0 Å². The van der Waals surface area contributed by atoms with Crippen molar-refractivity contribution >= 4 is 5.95 Å². The summed E-state index contributed by atoms with van der Waals surface area (Å²) in [4.78, 5) is 10.7. The second-order valence-corrected chi connectivity index (χ2v) is 4.01. The number of nitrogens with zero attached hydrogens (tertiary/aromatic N) is 3. The van der Waals surface area contributed by atoms with Crippen molar-refractivity contribution in [2.24, 2.45) is 5.41 Å². The number of anilines is 1. The van der Waals surface area contributed by atoms with Gasteiger partial charge in [-0.1, -0.05) is 0 Å². The molecule has 3 rings (SSSR count). The molecule has 1 aromatic heterocycles. The van der Waals surface area contributed by atoms with E-state index in [0.717, 1.165) is 32.1 Å². The lowest BCUT2D eigenvalue weighted by Gasteiger charge is -2.55. The van der Waals surface area contributed by atoms with Crippen molar-refractivity contribution in [3.05, 3.63) is 18.5 Å². The van der Waals surface area contributed by atoms with Crippen molar-refractivity contribution in [3.63, 3.8) is 0 Å². The summed E-state index contributed by atoms with van der Waals surface area (Å²) in [7, 11) is 0. The molecule has 0 atom stereocenters. The van der Waals surface area contributed by atoms with Crippen LogP contribution in [0.4, 0.5) is 5.95 Å². The van der Waals surface area contributed by atoms with E-state index in [2.05, 4.69) is 20.2 Å². The van der Waals surface area contributed by atoms with Crippen LogP contribution in [0, 0.1) is 5.41 Å². The second-order valence-electron chi connectivity index (χ2n) is 4.01. The first kappa shape index (κ1) is 7.26. The maximum atomic E-state index is 4.22. The molecule has 4 heteroatoms. The SMILES string of the molecule is c1cnc(N2CC3(CNC3)C2)nc1. The zero-order valence-corrected chi connectivity index (χ0v) is 7.40. The van der Waals surface area contributed by atoms with Gasteiger partial charge in [-0.3, -0.25) is 0 Å². The lowest BCUT2D eigenvalue weighted by Crippen LogP contribution is -2.71. The van der Waals surface area contributed by atoms with Gasteiger partial charge < -0.3 is 10.2 Å². The van der Waals surface area contributed by atoms with Gasteiger partial charge in [0.25, 0.3) is 0 Å². The van der Waals surface area contributed by atoms with E-state index in [1.54, 1.807) is 12.4 Å². The summed E-state index contributed by atoms with van der Waals surface area (Å²) >= 11 is 0. The number of hydrogen-bond acceptors (Lipinski definition) is 4. The van der Waals surface area contributed by atoms with Gasteiger partial charge in [0.05, 0.1) is 0 Å². The van der Waals surface area contributed by atoms with E-state index >= 15 is 0 Å². The molecule has 0 amide bonds. The molecule has 3 heterocycles. The quantitative estimate of drug-likeness (QED) is 0.648. The minimum absolute atomic E-state index is 0.555. The maximum Gasteiger partial charge on any atom is 0.225 e. The van der Waals surface area contributed by atoms with Gasteiger partial charge in [-0.2, -0.15) is 0 Å². The van der Waals surface area contributed by atoms with Crippen LogP contribution in [0.15, 0.2) is 18.5 Å². The average molecular weight is 176 g/mol. The largest absolute Gasteiger partial charge is 0.339 e. The van der Waals surface area contributed by atoms with E-state index < -0.39 is 0 Å². The third-order valence-corrected chi connectivity index (χ3v) is 2.89. The molecule has 0 aromatic carbocycles. The molecular formula is C9H12N4. The highest BCUT2D eigenvalue weighted by Gasteiger charge is 2.48. The van der Waals surface area contributed by atoms with Crippen LogP contribution in [0.3, 0.4) is 0 Å². The summed E-state index contributed by atoms with van der Waals surface area (Å²) in [5, 5.41) is 3.31. The maximum absolute atomic E-state index is 4.22. The lowest BCUT2D eigenvalue weighted by molar-refractivity contribution is 0.119. The fourth-order valence-electron chi connectivity index (χ4n) is 2.06. The van der Waals surface area contributed by atoms with Crippen LogP contribution in [0.2, 0.25) is 0 Å². The summed E-state index contributed by atoms with van der Waals surface area (Å²) in [6.07, 6.45) is 3.60. The molecule has 2 aliphatic heterocycles. The number of aromatic nitrogens is 2. The minimum Gasteiger partial charge on any atom is -0.339 e. The summed E-state index contributed by atoms with van der Waals surface area (Å²) in [6.45, 7) is 4.56. The van der Waals surface area contributed by atoms with Crippen molar-refractivity contribution in [2.45, 2.75) is 0 Å².